The average molecular weight is 373 g/mol. The summed E-state index contributed by atoms with van der Waals surface area (Å²) in [5, 5.41) is 0.0393. The van der Waals surface area contributed by atoms with E-state index in [0.29, 0.717) is 6.29 Å². The number of hydrogen-bond acceptors (Lipinski definition) is 2. The molecule has 0 aliphatic heterocycles. The maximum Gasteiger partial charge on any atom is 0.171 e. The molecule has 1 aromatic heterocycles. The Labute approximate surface area is 138 Å². The standard InChI is InChI=1S/C12H3Cl5FNO/c13-8-7(9(14)11(16)12(17)10(8)15)4-1-5(18)6(3-20)19-2-4/h1-3H. The molecule has 8 heteroatoms. The van der Waals surface area contributed by atoms with Gasteiger partial charge in [0.2, 0.25) is 0 Å². The van der Waals surface area contributed by atoms with Gasteiger partial charge in [0.15, 0.2) is 12.1 Å². The van der Waals surface area contributed by atoms with Crippen LogP contribution in [-0.2, 0) is 0 Å². The van der Waals surface area contributed by atoms with Crippen LogP contribution in [-0.4, -0.2) is 11.3 Å². The maximum absolute atomic E-state index is 13.6. The van der Waals surface area contributed by atoms with Crippen LogP contribution in [0.15, 0.2) is 12.3 Å². The van der Waals surface area contributed by atoms with E-state index in [1.807, 2.05) is 0 Å². The van der Waals surface area contributed by atoms with Crippen molar-refractivity contribution in [2.75, 3.05) is 0 Å². The van der Waals surface area contributed by atoms with Crippen LogP contribution in [0, 0.1) is 5.82 Å². The number of carbonyl (C=O) groups excluding carboxylic acids is 1. The minimum atomic E-state index is -0.813. The van der Waals surface area contributed by atoms with Crippen molar-refractivity contribution >= 4 is 64.3 Å². The third-order valence-corrected chi connectivity index (χ3v) is 4.76. The van der Waals surface area contributed by atoms with Crippen molar-refractivity contribution in [3.05, 3.63) is 48.9 Å². The minimum Gasteiger partial charge on any atom is -0.296 e. The van der Waals surface area contributed by atoms with Crippen LogP contribution in [0.3, 0.4) is 0 Å². The highest BCUT2D eigenvalue weighted by atomic mass is 35.5. The Hall–Kier alpha value is -0.580. The zero-order chi connectivity index (χ0) is 15.0. The van der Waals surface area contributed by atoms with Crippen molar-refractivity contribution in [3.63, 3.8) is 0 Å². The number of benzene rings is 1. The van der Waals surface area contributed by atoms with Gasteiger partial charge in [0.1, 0.15) is 5.69 Å². The van der Waals surface area contributed by atoms with E-state index < -0.39 is 5.82 Å². The van der Waals surface area contributed by atoms with Gasteiger partial charge in [-0.3, -0.25) is 4.79 Å². The summed E-state index contributed by atoms with van der Waals surface area (Å²) in [5.41, 5.74) is 0.0901. The number of pyridine rings is 1. The molecule has 2 nitrogen and oxygen atoms in total. The number of hydrogen-bond donors (Lipinski definition) is 0. The van der Waals surface area contributed by atoms with Crippen LogP contribution in [0.4, 0.5) is 4.39 Å². The molecule has 0 fully saturated rings. The summed E-state index contributed by atoms with van der Waals surface area (Å²) < 4.78 is 13.6. The first kappa shape index (κ1) is 15.8. The summed E-state index contributed by atoms with van der Waals surface area (Å²) in [6.45, 7) is 0. The van der Waals surface area contributed by atoms with Gasteiger partial charge in [0.05, 0.1) is 25.1 Å². The Bertz CT molecular complexity index is 690. The van der Waals surface area contributed by atoms with Crippen LogP contribution < -0.4 is 0 Å². The van der Waals surface area contributed by atoms with Gasteiger partial charge in [-0.1, -0.05) is 58.0 Å². The normalized spacial score (nSPS) is 10.7. The van der Waals surface area contributed by atoms with E-state index in [1.54, 1.807) is 0 Å². The van der Waals surface area contributed by atoms with E-state index >= 15 is 0 Å². The number of halogens is 6. The Morgan fingerprint density at radius 3 is 1.90 bits per heavy atom. The molecule has 0 aliphatic carbocycles. The molecule has 0 N–H and O–H groups in total. The fourth-order valence-corrected chi connectivity index (χ4v) is 2.89. The van der Waals surface area contributed by atoms with E-state index in [1.165, 1.54) is 6.20 Å². The van der Waals surface area contributed by atoms with Gasteiger partial charge >= 0.3 is 0 Å². The summed E-state index contributed by atoms with van der Waals surface area (Å²) in [7, 11) is 0. The number of aldehydes is 1. The molecule has 2 rings (SSSR count). The predicted octanol–water partition coefficient (Wildman–Crippen LogP) is 5.97. The second kappa shape index (κ2) is 6.04. The third-order valence-electron chi connectivity index (χ3n) is 2.48. The zero-order valence-corrected chi connectivity index (χ0v) is 13.1. The summed E-state index contributed by atoms with van der Waals surface area (Å²) in [6, 6.07) is 1.06. The molecule has 0 amide bonds. The molecular weight excluding hydrogens is 370 g/mol. The topological polar surface area (TPSA) is 30.0 Å². The van der Waals surface area contributed by atoms with Gasteiger partial charge < -0.3 is 0 Å². The Balaban J connectivity index is 2.76. The van der Waals surface area contributed by atoms with Gasteiger partial charge in [0, 0.05) is 17.3 Å². The minimum absolute atomic E-state index is 0.00222. The second-order valence-electron chi connectivity index (χ2n) is 3.65. The molecule has 0 bridgehead atoms. The molecule has 104 valence electrons. The highest BCUT2D eigenvalue weighted by Crippen LogP contribution is 2.48. The first-order valence-electron chi connectivity index (χ1n) is 5.01. The molecular formula is C12H3Cl5FNO. The molecule has 20 heavy (non-hydrogen) atoms. The van der Waals surface area contributed by atoms with E-state index in [2.05, 4.69) is 4.98 Å². The number of rotatable bonds is 2. The largest absolute Gasteiger partial charge is 0.296 e. The lowest BCUT2D eigenvalue weighted by Gasteiger charge is -2.12. The van der Waals surface area contributed by atoms with Gasteiger partial charge in [-0.15, -0.1) is 0 Å². The third kappa shape index (κ3) is 2.61. The monoisotopic (exact) mass is 371 g/mol. The van der Waals surface area contributed by atoms with Crippen LogP contribution in [0.25, 0.3) is 11.1 Å². The van der Waals surface area contributed by atoms with Crippen LogP contribution in [0.1, 0.15) is 10.5 Å². The zero-order valence-electron chi connectivity index (χ0n) is 9.36. The number of carbonyl (C=O) groups is 1. The summed E-state index contributed by atoms with van der Waals surface area (Å²) in [5.74, 6) is -0.813. The van der Waals surface area contributed by atoms with Crippen molar-refractivity contribution in [2.24, 2.45) is 0 Å². The molecule has 0 aliphatic rings. The van der Waals surface area contributed by atoms with E-state index in [-0.39, 0.29) is 41.9 Å². The average Bonchev–Trinajstić information content (AvgIpc) is 2.43. The summed E-state index contributed by atoms with van der Waals surface area (Å²) >= 11 is 29.8. The highest BCUT2D eigenvalue weighted by Gasteiger charge is 2.21. The fourth-order valence-electron chi connectivity index (χ4n) is 1.53. The van der Waals surface area contributed by atoms with Crippen molar-refractivity contribution in [3.8, 4) is 11.1 Å². The van der Waals surface area contributed by atoms with E-state index in [4.69, 9.17) is 58.0 Å². The SMILES string of the molecule is O=Cc1ncc(-c2c(Cl)c(Cl)c(Cl)c(Cl)c2Cl)cc1F. The summed E-state index contributed by atoms with van der Waals surface area (Å²) in [6.07, 6.45) is 1.53. The first-order valence-corrected chi connectivity index (χ1v) is 6.90. The first-order chi connectivity index (χ1) is 9.38. The van der Waals surface area contributed by atoms with Crippen LogP contribution in [0.2, 0.25) is 25.1 Å². The van der Waals surface area contributed by atoms with Crippen LogP contribution in [0.5, 0.6) is 0 Å². The lowest BCUT2D eigenvalue weighted by Crippen LogP contribution is -1.95. The Kier molecular flexibility index (Phi) is 4.77. The quantitative estimate of drug-likeness (QED) is 0.369. The van der Waals surface area contributed by atoms with Crippen LogP contribution >= 0.6 is 58.0 Å². The molecule has 0 spiro atoms. The van der Waals surface area contributed by atoms with Gasteiger partial charge in [-0.05, 0) is 6.07 Å². The molecule has 0 saturated heterocycles. The van der Waals surface area contributed by atoms with Crippen molar-refractivity contribution < 1.29 is 9.18 Å². The molecule has 2 aromatic rings. The number of nitrogens with zero attached hydrogens (tertiary/aromatic N) is 1. The number of aromatic nitrogens is 1. The molecule has 1 heterocycles. The van der Waals surface area contributed by atoms with Crippen molar-refractivity contribution in [2.45, 2.75) is 0 Å². The molecule has 1 aromatic carbocycles. The van der Waals surface area contributed by atoms with Crippen molar-refractivity contribution in [1.29, 1.82) is 0 Å². The molecule has 0 unspecified atom stereocenters. The maximum atomic E-state index is 13.6. The van der Waals surface area contributed by atoms with Gasteiger partial charge in [-0.25, -0.2) is 9.37 Å². The highest BCUT2D eigenvalue weighted by molar-refractivity contribution is 6.56. The second-order valence-corrected chi connectivity index (χ2v) is 5.54. The fraction of sp³-hybridized carbons (Fsp3) is 0. The van der Waals surface area contributed by atoms with E-state index in [0.717, 1.165) is 6.07 Å². The van der Waals surface area contributed by atoms with E-state index in [9.17, 15) is 9.18 Å². The molecule has 0 atom stereocenters. The van der Waals surface area contributed by atoms with Crippen molar-refractivity contribution in [1.82, 2.24) is 4.98 Å². The Morgan fingerprint density at radius 1 is 0.950 bits per heavy atom. The smallest absolute Gasteiger partial charge is 0.171 e. The van der Waals surface area contributed by atoms with Gasteiger partial charge in [0.25, 0.3) is 0 Å². The van der Waals surface area contributed by atoms with Gasteiger partial charge in [-0.2, -0.15) is 0 Å². The molecule has 0 radical (unpaired) electrons. The predicted molar refractivity (Wildman–Crippen MR) is 80.1 cm³/mol. The lowest BCUT2D eigenvalue weighted by molar-refractivity contribution is 0.111. The summed E-state index contributed by atoms with van der Waals surface area (Å²) in [4.78, 5) is 14.2. The Morgan fingerprint density at radius 2 is 1.45 bits per heavy atom. The lowest BCUT2D eigenvalue weighted by atomic mass is 10.1. The molecule has 0 saturated carbocycles.